The van der Waals surface area contributed by atoms with E-state index in [2.05, 4.69) is 136 Å². The number of aliphatic hydroxyl groups is 1. The third-order valence-corrected chi connectivity index (χ3v) is 15.0. The highest BCUT2D eigenvalue weighted by molar-refractivity contribution is 9.09. The molecule has 1 heterocycles. The van der Waals surface area contributed by atoms with Crippen LogP contribution in [0.1, 0.15) is 231 Å². The number of carbonyl (C=O) groups is 1. The first-order chi connectivity index (χ1) is 31.4. The fraction of sp³-hybridized carbons (Fsp3) is 0.661. The normalized spacial score (nSPS) is 24.8. The molecule has 0 aromatic carbocycles. The summed E-state index contributed by atoms with van der Waals surface area (Å²) in [5.74, 6) is 0.198. The number of halogens is 1. The van der Waals surface area contributed by atoms with Crippen molar-refractivity contribution in [2.24, 2.45) is 5.92 Å². The van der Waals surface area contributed by atoms with Crippen LogP contribution in [0.25, 0.3) is 0 Å². The minimum absolute atomic E-state index is 0.152. The zero-order valence-electron chi connectivity index (χ0n) is 45.7. The van der Waals surface area contributed by atoms with Gasteiger partial charge in [-0.1, -0.05) is 108 Å². The van der Waals surface area contributed by atoms with Gasteiger partial charge in [-0.05, 0) is 229 Å². The van der Waals surface area contributed by atoms with Crippen molar-refractivity contribution in [3.05, 3.63) is 117 Å². The Labute approximate surface area is 422 Å². The molecule has 0 aromatic heterocycles. The van der Waals surface area contributed by atoms with Gasteiger partial charge in [0.2, 0.25) is 0 Å². The standard InChI is InChI=1S/C15H24O.C15H26O.C15H24.C12H18O2.C5H9Br/c1-12(2)6-5-9-14(4)15(16-14)10-7-13(3)8-11-15;1-12(2)6-5-7-14(4)15(16)10-8-13(3)9-11-15;1-12(2)6-5-7-14(4)15-10-8-13(3)9-11-15;1-9-4-6-12(7-5-9)10(2)8-14-11(3)13;1-5(2)3-4-6/h7H,1,5-6,8-11H2,2-4H3;8,14,16H,1,5-7,9-11H2,2-4H3;8H,1,5-7,9-11H2,2-4H3;4H,5-8H2,1-3H3;1,3-4H2,2H3/b;;15-14+;12-10+;. The third kappa shape index (κ3) is 26.2. The summed E-state index contributed by atoms with van der Waals surface area (Å²) in [4.78, 5) is 10.6. The van der Waals surface area contributed by atoms with Crippen molar-refractivity contribution in [1.82, 2.24) is 0 Å². The number of hydrogen-bond acceptors (Lipinski definition) is 4. The van der Waals surface area contributed by atoms with Crippen LogP contribution >= 0.6 is 15.9 Å². The Bertz CT molecular complexity index is 1790. The maximum Gasteiger partial charge on any atom is 0.302 e. The van der Waals surface area contributed by atoms with Crippen molar-refractivity contribution in [2.75, 3.05) is 11.9 Å². The Morgan fingerprint density at radius 1 is 0.657 bits per heavy atom. The van der Waals surface area contributed by atoms with Crippen molar-refractivity contribution < 1.29 is 19.4 Å². The van der Waals surface area contributed by atoms with Gasteiger partial charge in [0.1, 0.15) is 12.2 Å². The number of carbonyl (C=O) groups excluding carboxylic acids is 1. The monoisotopic (exact) mass is 989 g/mol. The first-order valence-corrected chi connectivity index (χ1v) is 27.2. The maximum atomic E-state index is 10.6. The molecule has 1 aliphatic heterocycles. The zero-order valence-corrected chi connectivity index (χ0v) is 47.3. The van der Waals surface area contributed by atoms with Gasteiger partial charge >= 0.3 is 5.97 Å². The second-order valence-corrected chi connectivity index (χ2v) is 22.6. The number of allylic oxidation sites excluding steroid dienone is 13. The Hall–Kier alpha value is -2.73. The van der Waals surface area contributed by atoms with E-state index in [1.807, 2.05) is 13.8 Å². The van der Waals surface area contributed by atoms with Gasteiger partial charge in [-0.2, -0.15) is 0 Å². The summed E-state index contributed by atoms with van der Waals surface area (Å²) in [5.41, 5.74) is 16.9. The van der Waals surface area contributed by atoms with Gasteiger partial charge in [-0.25, -0.2) is 0 Å². The number of epoxide rings is 1. The summed E-state index contributed by atoms with van der Waals surface area (Å²) in [6, 6.07) is 0. The van der Waals surface area contributed by atoms with Gasteiger partial charge in [0.25, 0.3) is 0 Å². The van der Waals surface area contributed by atoms with Crippen LogP contribution in [-0.2, 0) is 14.3 Å². The molecule has 380 valence electrons. The van der Waals surface area contributed by atoms with Gasteiger partial charge in [-0.3, -0.25) is 4.79 Å². The molecule has 4 atom stereocenters. The lowest BCUT2D eigenvalue weighted by Crippen LogP contribution is -2.37. The van der Waals surface area contributed by atoms with Crippen LogP contribution in [0.2, 0.25) is 0 Å². The number of ether oxygens (including phenoxy) is 2. The van der Waals surface area contributed by atoms with E-state index in [0.29, 0.717) is 12.5 Å². The molecule has 4 nitrogen and oxygen atoms in total. The molecule has 0 radical (unpaired) electrons. The largest absolute Gasteiger partial charge is 0.461 e. The molecule has 1 saturated heterocycles. The lowest BCUT2D eigenvalue weighted by atomic mass is 9.75. The minimum Gasteiger partial charge on any atom is -0.461 e. The van der Waals surface area contributed by atoms with E-state index >= 15 is 0 Å². The van der Waals surface area contributed by atoms with Crippen molar-refractivity contribution >= 4 is 21.9 Å². The van der Waals surface area contributed by atoms with Crippen LogP contribution in [0.15, 0.2) is 117 Å². The third-order valence-electron chi connectivity index (χ3n) is 14.6. The minimum atomic E-state index is -0.450. The Kier molecular flexibility index (Phi) is 29.9. The van der Waals surface area contributed by atoms with E-state index in [0.717, 1.165) is 82.4 Å². The molecule has 0 saturated carbocycles. The highest BCUT2D eigenvalue weighted by Crippen LogP contribution is 2.58. The number of esters is 1. The Morgan fingerprint density at radius 2 is 1.13 bits per heavy atom. The number of alkyl halides is 1. The van der Waals surface area contributed by atoms with Crippen LogP contribution in [0.3, 0.4) is 0 Å². The van der Waals surface area contributed by atoms with Crippen molar-refractivity contribution in [3.8, 4) is 0 Å². The molecule has 0 aromatic rings. The van der Waals surface area contributed by atoms with Crippen LogP contribution in [0.4, 0.5) is 0 Å². The first-order valence-electron chi connectivity index (χ1n) is 26.0. The molecule has 5 heteroatoms. The molecular formula is C62H101BrO4. The second-order valence-electron chi connectivity index (χ2n) is 21.8. The molecule has 5 aliphatic rings. The summed E-state index contributed by atoms with van der Waals surface area (Å²) in [5, 5.41) is 11.6. The summed E-state index contributed by atoms with van der Waals surface area (Å²) in [6.45, 7) is 43.4. The molecule has 4 unspecified atom stereocenters. The van der Waals surface area contributed by atoms with E-state index in [9.17, 15) is 9.90 Å². The molecular weight excluding hydrogens is 889 g/mol. The van der Waals surface area contributed by atoms with E-state index in [4.69, 9.17) is 9.47 Å². The molecule has 67 heavy (non-hydrogen) atoms. The summed E-state index contributed by atoms with van der Waals surface area (Å²) >= 11 is 3.29. The Morgan fingerprint density at radius 3 is 1.55 bits per heavy atom. The molecule has 4 aliphatic carbocycles. The van der Waals surface area contributed by atoms with Gasteiger partial charge in [-0.15, -0.1) is 26.3 Å². The average molecular weight is 990 g/mol. The predicted molar refractivity (Wildman–Crippen MR) is 298 cm³/mol. The summed E-state index contributed by atoms with van der Waals surface area (Å²) in [7, 11) is 0. The van der Waals surface area contributed by atoms with Crippen LogP contribution in [-0.4, -0.2) is 39.8 Å². The van der Waals surface area contributed by atoms with Crippen molar-refractivity contribution in [2.45, 2.75) is 248 Å². The van der Waals surface area contributed by atoms with Gasteiger partial charge in [0, 0.05) is 12.3 Å². The predicted octanol–water partition coefficient (Wildman–Crippen LogP) is 19.1. The SMILES string of the molecule is C=C(C)CCBr.C=C(C)CCC/C(C)=C1\CC=C(C)CC1.C=C(C)CCCC(C)C1(O)CC=C(C)CC1.C=C(C)CCCC1(C)OC12CC=C(C)CC2.CC(=O)OC/C(C)=C1\CC=C(C)CC1. The molecule has 1 fully saturated rings. The lowest BCUT2D eigenvalue weighted by Gasteiger charge is -2.36. The first kappa shape index (κ1) is 62.3. The highest BCUT2D eigenvalue weighted by Gasteiger charge is 2.65. The summed E-state index contributed by atoms with van der Waals surface area (Å²) < 4.78 is 11.1. The van der Waals surface area contributed by atoms with E-state index < -0.39 is 5.60 Å². The molecule has 1 spiro atoms. The fourth-order valence-corrected chi connectivity index (χ4v) is 9.78. The van der Waals surface area contributed by atoms with Crippen LogP contribution in [0.5, 0.6) is 0 Å². The van der Waals surface area contributed by atoms with E-state index in [1.54, 1.807) is 16.7 Å². The average Bonchev–Trinajstić information content (AvgIpc) is 3.84. The van der Waals surface area contributed by atoms with Crippen molar-refractivity contribution in [3.63, 3.8) is 0 Å². The molecule has 5 rings (SSSR count). The quantitative estimate of drug-likeness (QED) is 0.0683. The number of rotatable bonds is 17. The maximum absolute atomic E-state index is 10.6. The van der Waals surface area contributed by atoms with E-state index in [1.165, 1.54) is 121 Å². The van der Waals surface area contributed by atoms with Crippen LogP contribution < -0.4 is 0 Å². The fourth-order valence-electron chi connectivity index (χ4n) is 9.10. The van der Waals surface area contributed by atoms with E-state index in [-0.39, 0.29) is 17.2 Å². The molecule has 0 amide bonds. The van der Waals surface area contributed by atoms with Gasteiger partial charge in [0.05, 0.1) is 11.2 Å². The Balaban J connectivity index is 0.000000429. The smallest absolute Gasteiger partial charge is 0.302 e. The van der Waals surface area contributed by atoms with Crippen LogP contribution in [0, 0.1) is 5.92 Å². The van der Waals surface area contributed by atoms with Crippen molar-refractivity contribution in [1.29, 1.82) is 0 Å². The highest BCUT2D eigenvalue weighted by atomic mass is 79.9. The summed E-state index contributed by atoms with van der Waals surface area (Å²) in [6.07, 6.45) is 34.4. The lowest BCUT2D eigenvalue weighted by molar-refractivity contribution is -0.140. The molecule has 0 bridgehead atoms. The van der Waals surface area contributed by atoms with Gasteiger partial charge in [0.15, 0.2) is 0 Å². The molecule has 1 N–H and O–H groups in total. The van der Waals surface area contributed by atoms with Gasteiger partial charge < -0.3 is 14.6 Å². The number of hydrogen-bond donors (Lipinski definition) is 1. The zero-order chi connectivity index (χ0) is 50.8. The topological polar surface area (TPSA) is 59.1 Å². The second kappa shape index (κ2) is 32.2.